The van der Waals surface area contributed by atoms with Gasteiger partial charge in [0.05, 0.1) is 11.2 Å². The largest absolute Gasteiger partial charge is 0.151 e. The van der Waals surface area contributed by atoms with E-state index in [9.17, 15) is 0 Å². The van der Waals surface area contributed by atoms with Gasteiger partial charge in [-0.25, -0.2) is 0 Å². The Hall–Kier alpha value is -1.70. The van der Waals surface area contributed by atoms with Crippen LogP contribution in [0, 0.1) is 0 Å². The number of hydrogen-bond donors (Lipinski definition) is 0. The van der Waals surface area contributed by atoms with Crippen molar-refractivity contribution in [1.29, 1.82) is 0 Å². The van der Waals surface area contributed by atoms with Crippen LogP contribution in [0.4, 0.5) is 0 Å². The van der Waals surface area contributed by atoms with Gasteiger partial charge in [-0.15, -0.1) is 5.10 Å². The van der Waals surface area contributed by atoms with Gasteiger partial charge in [0.2, 0.25) is 0 Å². The number of nitrogens with zero attached hydrogens (tertiary/aromatic N) is 2. The second-order valence-corrected chi connectivity index (χ2v) is 2.53. The zero-order valence-corrected chi connectivity index (χ0v) is 6.57. The van der Waals surface area contributed by atoms with Gasteiger partial charge in [-0.2, -0.15) is 5.10 Å². The summed E-state index contributed by atoms with van der Waals surface area (Å²) in [6.45, 7) is 3.64. The molecule has 0 saturated heterocycles. The molecule has 0 unspecified atom stereocenters. The Bertz CT molecular complexity index is 421. The number of rotatable bonds is 1. The van der Waals surface area contributed by atoms with E-state index >= 15 is 0 Å². The molecule has 0 fully saturated rings. The summed E-state index contributed by atoms with van der Waals surface area (Å²) in [5.41, 5.74) is 1.73. The van der Waals surface area contributed by atoms with Crippen LogP contribution in [0.5, 0.6) is 0 Å². The van der Waals surface area contributed by atoms with Crippen LogP contribution in [0.25, 0.3) is 17.0 Å². The van der Waals surface area contributed by atoms with Crippen LogP contribution in [0.3, 0.4) is 0 Å². The van der Waals surface area contributed by atoms with E-state index in [1.807, 2.05) is 30.3 Å². The van der Waals surface area contributed by atoms with E-state index < -0.39 is 0 Å². The minimum Gasteiger partial charge on any atom is -0.151 e. The van der Waals surface area contributed by atoms with E-state index in [1.165, 1.54) is 0 Å². The topological polar surface area (TPSA) is 25.8 Å². The maximum absolute atomic E-state index is 4.03. The van der Waals surface area contributed by atoms with Crippen molar-refractivity contribution in [2.24, 2.45) is 0 Å². The summed E-state index contributed by atoms with van der Waals surface area (Å²) in [5, 5.41) is 9.09. The van der Waals surface area contributed by atoms with Crippen LogP contribution in [0.1, 0.15) is 5.69 Å². The zero-order valence-electron chi connectivity index (χ0n) is 6.57. The van der Waals surface area contributed by atoms with Crippen molar-refractivity contribution in [3.63, 3.8) is 0 Å². The lowest BCUT2D eigenvalue weighted by Crippen LogP contribution is -1.86. The van der Waals surface area contributed by atoms with Crippen LogP contribution in [-0.4, -0.2) is 10.2 Å². The summed E-state index contributed by atoms with van der Waals surface area (Å²) in [6.07, 6.45) is 1.69. The lowest BCUT2D eigenvalue weighted by molar-refractivity contribution is 1.06. The van der Waals surface area contributed by atoms with Gasteiger partial charge >= 0.3 is 0 Å². The summed E-state index contributed by atoms with van der Waals surface area (Å²) in [5.74, 6) is 0. The Balaban J connectivity index is 2.75. The van der Waals surface area contributed by atoms with Gasteiger partial charge in [-0.3, -0.25) is 0 Å². The quantitative estimate of drug-likeness (QED) is 0.633. The van der Waals surface area contributed by atoms with Crippen LogP contribution in [-0.2, 0) is 0 Å². The minimum absolute atomic E-state index is 0.814. The van der Waals surface area contributed by atoms with Gasteiger partial charge in [-0.05, 0) is 18.2 Å². The molecule has 2 nitrogen and oxygen atoms in total. The van der Waals surface area contributed by atoms with Crippen LogP contribution in [0.15, 0.2) is 36.9 Å². The normalized spacial score (nSPS) is 10.0. The molecule has 1 aromatic carbocycles. The van der Waals surface area contributed by atoms with Crippen molar-refractivity contribution in [3.8, 4) is 0 Å². The van der Waals surface area contributed by atoms with Crippen LogP contribution >= 0.6 is 0 Å². The van der Waals surface area contributed by atoms with Crippen molar-refractivity contribution in [1.82, 2.24) is 10.2 Å². The number of benzene rings is 1. The highest BCUT2D eigenvalue weighted by atomic mass is 15.1. The van der Waals surface area contributed by atoms with E-state index in [0.717, 1.165) is 16.6 Å². The Morgan fingerprint density at radius 1 is 1.17 bits per heavy atom. The highest BCUT2D eigenvalue weighted by molar-refractivity contribution is 5.79. The Morgan fingerprint density at radius 2 is 2.00 bits per heavy atom. The molecule has 0 radical (unpaired) electrons. The first kappa shape index (κ1) is 6.98. The highest BCUT2D eigenvalue weighted by Crippen LogP contribution is 2.10. The summed E-state index contributed by atoms with van der Waals surface area (Å²) in [6, 6.07) is 9.85. The van der Waals surface area contributed by atoms with Crippen molar-refractivity contribution >= 4 is 17.0 Å². The second-order valence-electron chi connectivity index (χ2n) is 2.53. The number of aromatic nitrogens is 2. The number of hydrogen-bond acceptors (Lipinski definition) is 2. The first-order valence-corrected chi connectivity index (χ1v) is 3.75. The summed E-state index contributed by atoms with van der Waals surface area (Å²) < 4.78 is 0. The predicted molar refractivity (Wildman–Crippen MR) is 49.6 cm³/mol. The lowest BCUT2D eigenvalue weighted by Gasteiger charge is -1.95. The third-order valence-corrected chi connectivity index (χ3v) is 1.72. The van der Waals surface area contributed by atoms with Crippen molar-refractivity contribution in [2.75, 3.05) is 0 Å². The summed E-state index contributed by atoms with van der Waals surface area (Å²) >= 11 is 0. The molecule has 0 bridgehead atoms. The Kier molecular flexibility index (Phi) is 1.59. The van der Waals surface area contributed by atoms with E-state index in [2.05, 4.69) is 16.8 Å². The molecule has 12 heavy (non-hydrogen) atoms. The molecule has 0 aliphatic carbocycles. The molecule has 0 aliphatic heterocycles. The molecular weight excluding hydrogens is 148 g/mol. The monoisotopic (exact) mass is 156 g/mol. The van der Waals surface area contributed by atoms with Crippen LogP contribution in [0.2, 0.25) is 0 Å². The molecule has 0 spiro atoms. The molecule has 0 amide bonds. The molecule has 0 N–H and O–H groups in total. The average Bonchev–Trinajstić information content (AvgIpc) is 2.17. The Morgan fingerprint density at radius 3 is 2.83 bits per heavy atom. The Labute approximate surface area is 70.6 Å². The summed E-state index contributed by atoms with van der Waals surface area (Å²) in [7, 11) is 0. The molecular formula is C10H8N2. The fourth-order valence-electron chi connectivity index (χ4n) is 1.10. The predicted octanol–water partition coefficient (Wildman–Crippen LogP) is 2.27. The van der Waals surface area contributed by atoms with Crippen molar-refractivity contribution < 1.29 is 0 Å². The zero-order chi connectivity index (χ0) is 8.39. The molecule has 0 aliphatic rings. The molecule has 58 valence electrons. The molecule has 0 atom stereocenters. The van der Waals surface area contributed by atoms with Gasteiger partial charge < -0.3 is 0 Å². The molecule has 2 heteroatoms. The number of fused-ring (bicyclic) bond motifs is 1. The van der Waals surface area contributed by atoms with Crippen molar-refractivity contribution in [2.45, 2.75) is 0 Å². The molecule has 2 rings (SSSR count). The second kappa shape index (κ2) is 2.74. The standard InChI is InChI=1S/C10H8N2/c1-2-9-7-8-5-3-4-6-10(8)12-11-9/h2-7H,1H2. The first-order chi connectivity index (χ1) is 5.90. The SMILES string of the molecule is C=Cc1cc2ccccc2nn1. The van der Waals surface area contributed by atoms with E-state index in [1.54, 1.807) is 6.08 Å². The third-order valence-electron chi connectivity index (χ3n) is 1.72. The summed E-state index contributed by atoms with van der Waals surface area (Å²) in [4.78, 5) is 0. The lowest BCUT2D eigenvalue weighted by atomic mass is 10.2. The molecule has 2 aromatic rings. The van der Waals surface area contributed by atoms with Crippen molar-refractivity contribution in [3.05, 3.63) is 42.6 Å². The fraction of sp³-hybridized carbons (Fsp3) is 0. The first-order valence-electron chi connectivity index (χ1n) is 3.75. The van der Waals surface area contributed by atoms with Gasteiger partial charge in [0.15, 0.2) is 0 Å². The smallest absolute Gasteiger partial charge is 0.0930 e. The highest BCUT2D eigenvalue weighted by Gasteiger charge is 1.93. The molecule has 1 aromatic heterocycles. The van der Waals surface area contributed by atoms with Gasteiger partial charge in [-0.1, -0.05) is 24.8 Å². The van der Waals surface area contributed by atoms with Gasteiger partial charge in [0, 0.05) is 5.39 Å². The van der Waals surface area contributed by atoms with Gasteiger partial charge in [0.1, 0.15) is 0 Å². The molecule has 1 heterocycles. The maximum atomic E-state index is 4.03. The third kappa shape index (κ3) is 1.07. The minimum atomic E-state index is 0.814. The molecule has 0 saturated carbocycles. The fourth-order valence-corrected chi connectivity index (χ4v) is 1.10. The van der Waals surface area contributed by atoms with E-state index in [0.29, 0.717) is 0 Å². The van der Waals surface area contributed by atoms with E-state index in [-0.39, 0.29) is 0 Å². The van der Waals surface area contributed by atoms with E-state index in [4.69, 9.17) is 0 Å². The average molecular weight is 156 g/mol. The van der Waals surface area contributed by atoms with Gasteiger partial charge in [0.25, 0.3) is 0 Å². The van der Waals surface area contributed by atoms with Crippen LogP contribution < -0.4 is 0 Å². The maximum Gasteiger partial charge on any atom is 0.0930 e.